The van der Waals surface area contributed by atoms with Crippen molar-refractivity contribution >= 4 is 17.3 Å². The molecule has 1 aromatic carbocycles. The monoisotopic (exact) mass is 309 g/mol. The predicted molar refractivity (Wildman–Crippen MR) is 79.5 cm³/mol. The molecule has 0 aliphatic carbocycles. The highest BCUT2D eigenvalue weighted by Gasteiger charge is 2.16. The average molecular weight is 309 g/mol. The number of nitrogens with zero attached hydrogens (tertiary/aromatic N) is 1. The first-order chi connectivity index (χ1) is 9.97. The zero-order valence-electron chi connectivity index (χ0n) is 11.9. The van der Waals surface area contributed by atoms with E-state index in [9.17, 15) is 9.59 Å². The summed E-state index contributed by atoms with van der Waals surface area (Å²) in [4.78, 5) is 23.2. The van der Waals surface area contributed by atoms with Crippen molar-refractivity contribution in [2.45, 2.75) is 13.5 Å². The number of hydrogen-bond acceptors (Lipinski definition) is 5. The van der Waals surface area contributed by atoms with E-state index in [1.807, 2.05) is 6.07 Å². The van der Waals surface area contributed by atoms with Gasteiger partial charge in [-0.15, -0.1) is 0 Å². The van der Waals surface area contributed by atoms with Gasteiger partial charge in [0.05, 0.1) is 19.1 Å². The number of thiazole rings is 1. The Balaban J connectivity index is 2.52. The molecule has 0 atom stereocenters. The Hall–Kier alpha value is -2.28. The van der Waals surface area contributed by atoms with Gasteiger partial charge in [-0.1, -0.05) is 11.3 Å². The lowest BCUT2D eigenvalue weighted by Crippen LogP contribution is -2.19. The molecule has 0 saturated carbocycles. The van der Waals surface area contributed by atoms with E-state index in [0.29, 0.717) is 17.2 Å². The molecule has 0 radical (unpaired) electrons. The molecule has 6 nitrogen and oxygen atoms in total. The number of aliphatic carboxylic acids is 1. The predicted octanol–water partition coefficient (Wildman–Crippen LogP) is 1.99. The van der Waals surface area contributed by atoms with E-state index < -0.39 is 5.97 Å². The van der Waals surface area contributed by atoms with Crippen molar-refractivity contribution in [3.05, 3.63) is 33.6 Å². The Bertz CT molecular complexity index is 731. The van der Waals surface area contributed by atoms with Crippen LogP contribution in [-0.4, -0.2) is 29.9 Å². The topological polar surface area (TPSA) is 77.8 Å². The SMILES string of the molecule is COc1ccc(-c2sc(=O)n(CC(=O)O)c2C)cc1OC. The van der Waals surface area contributed by atoms with Crippen LogP contribution < -0.4 is 14.3 Å². The maximum atomic E-state index is 11.9. The summed E-state index contributed by atoms with van der Waals surface area (Å²) < 4.78 is 11.7. The van der Waals surface area contributed by atoms with Crippen LogP contribution in [0, 0.1) is 6.92 Å². The Morgan fingerprint density at radius 3 is 2.52 bits per heavy atom. The summed E-state index contributed by atoms with van der Waals surface area (Å²) in [7, 11) is 3.08. The molecule has 2 rings (SSSR count). The summed E-state index contributed by atoms with van der Waals surface area (Å²) in [5.74, 6) is 0.105. The summed E-state index contributed by atoms with van der Waals surface area (Å²) in [6.07, 6.45) is 0. The standard InChI is InChI=1S/C14H15NO5S/c1-8-13(21-14(18)15(8)7-12(16)17)9-4-5-10(19-2)11(6-9)20-3/h4-6H,7H2,1-3H3,(H,16,17). The van der Waals surface area contributed by atoms with Gasteiger partial charge in [0.1, 0.15) is 6.54 Å². The molecule has 0 bridgehead atoms. The minimum absolute atomic E-state index is 0.292. The molecule has 0 spiro atoms. The number of aromatic nitrogens is 1. The normalized spacial score (nSPS) is 10.4. The second kappa shape index (κ2) is 6.01. The number of carboxylic acids is 1. The number of benzene rings is 1. The highest BCUT2D eigenvalue weighted by atomic mass is 32.1. The van der Waals surface area contributed by atoms with Crippen molar-refractivity contribution in [3.63, 3.8) is 0 Å². The number of carbonyl (C=O) groups is 1. The Kier molecular flexibility index (Phi) is 4.32. The molecule has 0 aliphatic heterocycles. The summed E-state index contributed by atoms with van der Waals surface area (Å²) in [6.45, 7) is 1.39. The lowest BCUT2D eigenvalue weighted by molar-refractivity contribution is -0.137. The molecule has 21 heavy (non-hydrogen) atoms. The van der Waals surface area contributed by atoms with Crippen LogP contribution in [0.4, 0.5) is 0 Å². The molecule has 112 valence electrons. The molecule has 0 fully saturated rings. The Morgan fingerprint density at radius 1 is 1.29 bits per heavy atom. The molecule has 0 unspecified atom stereocenters. The van der Waals surface area contributed by atoms with Gasteiger partial charge >= 0.3 is 10.8 Å². The number of carboxylic acid groups (broad SMARTS) is 1. The molecule has 2 aromatic rings. The molecule has 0 aliphatic rings. The van der Waals surface area contributed by atoms with Crippen LogP contribution in [-0.2, 0) is 11.3 Å². The second-order valence-corrected chi connectivity index (χ2v) is 5.29. The highest BCUT2D eigenvalue weighted by molar-refractivity contribution is 7.13. The lowest BCUT2D eigenvalue weighted by atomic mass is 10.1. The molecular weight excluding hydrogens is 294 g/mol. The van der Waals surface area contributed by atoms with E-state index in [-0.39, 0.29) is 11.4 Å². The lowest BCUT2D eigenvalue weighted by Gasteiger charge is -2.09. The number of hydrogen-bond donors (Lipinski definition) is 1. The minimum atomic E-state index is -1.04. The van der Waals surface area contributed by atoms with E-state index in [1.165, 1.54) is 11.7 Å². The molecule has 7 heteroatoms. The molecule has 0 saturated heterocycles. The summed E-state index contributed by atoms with van der Waals surface area (Å²) in [5.41, 5.74) is 1.41. The molecule has 0 amide bonds. The first-order valence-corrected chi connectivity index (χ1v) is 6.94. The van der Waals surface area contributed by atoms with E-state index in [4.69, 9.17) is 14.6 Å². The van der Waals surface area contributed by atoms with Crippen LogP contribution in [0.25, 0.3) is 10.4 Å². The largest absolute Gasteiger partial charge is 0.493 e. The van der Waals surface area contributed by atoms with Crippen molar-refractivity contribution < 1.29 is 19.4 Å². The smallest absolute Gasteiger partial charge is 0.323 e. The Morgan fingerprint density at radius 2 is 1.95 bits per heavy atom. The van der Waals surface area contributed by atoms with Gasteiger partial charge in [-0.25, -0.2) is 0 Å². The van der Waals surface area contributed by atoms with E-state index in [0.717, 1.165) is 21.8 Å². The number of rotatable bonds is 5. The van der Waals surface area contributed by atoms with Crippen LogP contribution >= 0.6 is 11.3 Å². The zero-order valence-corrected chi connectivity index (χ0v) is 12.7. The van der Waals surface area contributed by atoms with Gasteiger partial charge in [0.15, 0.2) is 11.5 Å². The van der Waals surface area contributed by atoms with Crippen molar-refractivity contribution in [3.8, 4) is 21.9 Å². The third-order valence-corrected chi connectivity index (χ3v) is 4.21. The number of methoxy groups -OCH3 is 2. The zero-order chi connectivity index (χ0) is 15.6. The number of ether oxygens (including phenoxy) is 2. The molecule has 1 N–H and O–H groups in total. The van der Waals surface area contributed by atoms with Crippen molar-refractivity contribution in [2.75, 3.05) is 14.2 Å². The summed E-state index contributed by atoms with van der Waals surface area (Å²) >= 11 is 1.02. The molecule has 1 heterocycles. The van der Waals surface area contributed by atoms with E-state index in [2.05, 4.69) is 0 Å². The molecular formula is C14H15NO5S. The third kappa shape index (κ3) is 2.92. The van der Waals surface area contributed by atoms with Crippen molar-refractivity contribution in [2.24, 2.45) is 0 Å². The first-order valence-electron chi connectivity index (χ1n) is 6.12. The van der Waals surface area contributed by atoms with Gasteiger partial charge < -0.3 is 14.6 Å². The van der Waals surface area contributed by atoms with Crippen LogP contribution in [0.2, 0.25) is 0 Å². The Labute approximate surface area is 125 Å². The van der Waals surface area contributed by atoms with Crippen molar-refractivity contribution in [1.29, 1.82) is 0 Å². The van der Waals surface area contributed by atoms with Gasteiger partial charge in [0.25, 0.3) is 0 Å². The van der Waals surface area contributed by atoms with Crippen molar-refractivity contribution in [1.82, 2.24) is 4.57 Å². The first kappa shape index (κ1) is 15.1. The molecule has 1 aromatic heterocycles. The maximum Gasteiger partial charge on any atom is 0.323 e. The van der Waals surface area contributed by atoms with Crippen LogP contribution in [0.3, 0.4) is 0 Å². The minimum Gasteiger partial charge on any atom is -0.493 e. The van der Waals surface area contributed by atoms with E-state index >= 15 is 0 Å². The quantitative estimate of drug-likeness (QED) is 0.914. The maximum absolute atomic E-state index is 11.9. The summed E-state index contributed by atoms with van der Waals surface area (Å²) in [6, 6.07) is 5.33. The van der Waals surface area contributed by atoms with E-state index in [1.54, 1.807) is 26.2 Å². The van der Waals surface area contributed by atoms with Crippen LogP contribution in [0.15, 0.2) is 23.0 Å². The van der Waals surface area contributed by atoms with Gasteiger partial charge in [0.2, 0.25) is 0 Å². The second-order valence-electron chi connectivity index (χ2n) is 4.33. The average Bonchev–Trinajstić information content (AvgIpc) is 2.74. The van der Waals surface area contributed by atoms with Crippen LogP contribution in [0.1, 0.15) is 5.69 Å². The van der Waals surface area contributed by atoms with Crippen LogP contribution in [0.5, 0.6) is 11.5 Å². The van der Waals surface area contributed by atoms with Gasteiger partial charge in [-0.05, 0) is 30.7 Å². The highest BCUT2D eigenvalue weighted by Crippen LogP contribution is 2.34. The third-order valence-electron chi connectivity index (χ3n) is 3.08. The van der Waals surface area contributed by atoms with Gasteiger partial charge in [0, 0.05) is 5.69 Å². The fourth-order valence-corrected chi connectivity index (χ4v) is 3.03. The van der Waals surface area contributed by atoms with Gasteiger partial charge in [-0.2, -0.15) is 0 Å². The van der Waals surface area contributed by atoms with Gasteiger partial charge in [-0.3, -0.25) is 14.2 Å². The fourth-order valence-electron chi connectivity index (χ4n) is 2.04. The summed E-state index contributed by atoms with van der Waals surface area (Å²) in [5, 5.41) is 8.85. The fraction of sp³-hybridized carbons (Fsp3) is 0.286.